The molecule has 1 N–H and O–H groups in total. The second kappa shape index (κ2) is 7.75. The monoisotopic (exact) mass is 279 g/mol. The molecular formula is C15H25N3S. The molecule has 1 aromatic heterocycles. The highest BCUT2D eigenvalue weighted by Gasteiger charge is 2.20. The van der Waals surface area contributed by atoms with Crippen molar-refractivity contribution in [2.75, 3.05) is 30.0 Å². The fraction of sp³-hybridized carbons (Fsp3) is 0.667. The number of hydrogen-bond donors (Lipinski definition) is 1. The van der Waals surface area contributed by atoms with Crippen LogP contribution in [0.5, 0.6) is 0 Å². The number of anilines is 1. The van der Waals surface area contributed by atoms with Crippen LogP contribution in [0.3, 0.4) is 0 Å². The van der Waals surface area contributed by atoms with Crippen LogP contribution >= 0.6 is 11.8 Å². The van der Waals surface area contributed by atoms with Crippen LogP contribution in [0.1, 0.15) is 26.2 Å². The Morgan fingerprint density at radius 3 is 2.68 bits per heavy atom. The van der Waals surface area contributed by atoms with Crippen molar-refractivity contribution in [3.05, 3.63) is 24.5 Å². The maximum Gasteiger partial charge on any atom is 0.0397 e. The Bertz CT molecular complexity index is 350. The van der Waals surface area contributed by atoms with Crippen molar-refractivity contribution < 1.29 is 0 Å². The van der Waals surface area contributed by atoms with E-state index in [1.165, 1.54) is 30.7 Å². The summed E-state index contributed by atoms with van der Waals surface area (Å²) in [7, 11) is 0. The van der Waals surface area contributed by atoms with E-state index >= 15 is 0 Å². The summed E-state index contributed by atoms with van der Waals surface area (Å²) < 4.78 is 0. The third kappa shape index (κ3) is 4.69. The predicted molar refractivity (Wildman–Crippen MR) is 85.1 cm³/mol. The molecule has 0 aromatic carbocycles. The lowest BCUT2D eigenvalue weighted by molar-refractivity contribution is 0.373. The van der Waals surface area contributed by atoms with Crippen molar-refractivity contribution in [3.63, 3.8) is 0 Å². The molecule has 1 atom stereocenters. The molecule has 0 radical (unpaired) electrons. The summed E-state index contributed by atoms with van der Waals surface area (Å²) in [5.41, 5.74) is 1.31. The van der Waals surface area contributed by atoms with Crippen molar-refractivity contribution in [1.29, 1.82) is 0 Å². The Morgan fingerprint density at radius 2 is 2.05 bits per heavy atom. The van der Waals surface area contributed by atoms with Gasteiger partial charge in [0, 0.05) is 43.3 Å². The van der Waals surface area contributed by atoms with Gasteiger partial charge in [0.05, 0.1) is 0 Å². The molecule has 0 aliphatic carbocycles. The van der Waals surface area contributed by atoms with Crippen molar-refractivity contribution in [2.45, 2.75) is 38.3 Å². The third-order valence-corrected chi connectivity index (χ3v) is 4.44. The van der Waals surface area contributed by atoms with Gasteiger partial charge in [-0.1, -0.05) is 0 Å². The quantitative estimate of drug-likeness (QED) is 0.867. The molecule has 1 aromatic rings. The molecule has 0 amide bonds. The van der Waals surface area contributed by atoms with E-state index in [4.69, 9.17) is 0 Å². The average molecular weight is 279 g/mol. The summed E-state index contributed by atoms with van der Waals surface area (Å²) in [4.78, 5) is 6.55. The highest BCUT2D eigenvalue weighted by molar-refractivity contribution is 7.98. The molecule has 1 aliphatic rings. The number of nitrogens with one attached hydrogen (secondary N) is 1. The molecule has 19 heavy (non-hydrogen) atoms. The topological polar surface area (TPSA) is 28.2 Å². The molecule has 3 nitrogen and oxygen atoms in total. The Labute approximate surface area is 121 Å². The lowest BCUT2D eigenvalue weighted by Crippen LogP contribution is -2.45. The first-order valence-corrected chi connectivity index (χ1v) is 8.59. The van der Waals surface area contributed by atoms with Crippen molar-refractivity contribution in [2.24, 2.45) is 0 Å². The predicted octanol–water partition coefficient (Wildman–Crippen LogP) is 2.78. The molecule has 106 valence electrons. The Hall–Kier alpha value is -0.740. The summed E-state index contributed by atoms with van der Waals surface area (Å²) in [5.74, 6) is 1.25. The smallest absolute Gasteiger partial charge is 0.0397 e. The number of rotatable bonds is 6. The largest absolute Gasteiger partial charge is 0.371 e. The van der Waals surface area contributed by atoms with Crippen LogP contribution in [-0.4, -0.2) is 42.2 Å². The molecule has 1 aliphatic heterocycles. The van der Waals surface area contributed by atoms with Gasteiger partial charge in [-0.2, -0.15) is 11.8 Å². The minimum absolute atomic E-state index is 0.643. The summed E-state index contributed by atoms with van der Waals surface area (Å²) in [6, 6.07) is 5.55. The van der Waals surface area contributed by atoms with E-state index in [1.54, 1.807) is 0 Å². The molecule has 2 rings (SSSR count). The number of aromatic nitrogens is 1. The second-order valence-corrected chi connectivity index (χ2v) is 6.30. The second-order valence-electron chi connectivity index (χ2n) is 5.32. The highest BCUT2D eigenvalue weighted by Crippen LogP contribution is 2.19. The first-order valence-electron chi connectivity index (χ1n) is 7.19. The zero-order valence-electron chi connectivity index (χ0n) is 12.0. The summed E-state index contributed by atoms with van der Waals surface area (Å²) in [6.07, 6.45) is 9.69. The van der Waals surface area contributed by atoms with Gasteiger partial charge in [-0.05, 0) is 50.3 Å². The summed E-state index contributed by atoms with van der Waals surface area (Å²) in [6.45, 7) is 4.61. The summed E-state index contributed by atoms with van der Waals surface area (Å²) in [5, 5.41) is 3.77. The van der Waals surface area contributed by atoms with Crippen LogP contribution < -0.4 is 10.2 Å². The van der Waals surface area contributed by atoms with E-state index in [0.717, 1.165) is 13.1 Å². The van der Waals surface area contributed by atoms with Gasteiger partial charge in [-0.25, -0.2) is 0 Å². The van der Waals surface area contributed by atoms with E-state index in [0.29, 0.717) is 12.1 Å². The summed E-state index contributed by atoms with van der Waals surface area (Å²) >= 11 is 1.94. The van der Waals surface area contributed by atoms with Gasteiger partial charge >= 0.3 is 0 Å². The van der Waals surface area contributed by atoms with Crippen LogP contribution in [0.4, 0.5) is 5.69 Å². The van der Waals surface area contributed by atoms with Crippen molar-refractivity contribution in [1.82, 2.24) is 10.3 Å². The van der Waals surface area contributed by atoms with E-state index in [-0.39, 0.29) is 0 Å². The van der Waals surface area contributed by atoms with Gasteiger partial charge in [-0.3, -0.25) is 4.98 Å². The van der Waals surface area contributed by atoms with Gasteiger partial charge in [0.25, 0.3) is 0 Å². The lowest BCUT2D eigenvalue weighted by Gasteiger charge is -2.35. The van der Waals surface area contributed by atoms with Crippen molar-refractivity contribution in [3.8, 4) is 0 Å². The average Bonchev–Trinajstić information content (AvgIpc) is 2.47. The Balaban J connectivity index is 1.73. The van der Waals surface area contributed by atoms with E-state index < -0.39 is 0 Å². The Morgan fingerprint density at radius 1 is 1.37 bits per heavy atom. The maximum absolute atomic E-state index is 4.08. The highest BCUT2D eigenvalue weighted by atomic mass is 32.2. The van der Waals surface area contributed by atoms with Gasteiger partial charge in [-0.15, -0.1) is 0 Å². The lowest BCUT2D eigenvalue weighted by atomic mass is 10.0. The molecule has 0 saturated carbocycles. The maximum atomic E-state index is 4.08. The van der Waals surface area contributed by atoms with E-state index in [1.807, 2.05) is 24.2 Å². The van der Waals surface area contributed by atoms with E-state index in [2.05, 4.69) is 40.5 Å². The molecule has 2 heterocycles. The first-order chi connectivity index (χ1) is 9.29. The van der Waals surface area contributed by atoms with E-state index in [9.17, 15) is 0 Å². The molecule has 4 heteroatoms. The number of hydrogen-bond acceptors (Lipinski definition) is 4. The first kappa shape index (κ1) is 14.7. The number of nitrogens with zero attached hydrogens (tertiary/aromatic N) is 2. The molecule has 0 spiro atoms. The van der Waals surface area contributed by atoms with Crippen LogP contribution in [0.15, 0.2) is 24.5 Å². The van der Waals surface area contributed by atoms with Crippen LogP contribution in [0, 0.1) is 0 Å². The minimum atomic E-state index is 0.643. The standard InChI is InChI=1S/C15H25N3S/c1-13(7-12-19-2)17-14-5-10-18(11-6-14)15-3-8-16-9-4-15/h3-4,8-9,13-14,17H,5-7,10-12H2,1-2H3. The Kier molecular flexibility index (Phi) is 5.98. The van der Waals surface area contributed by atoms with Gasteiger partial charge in [0.2, 0.25) is 0 Å². The minimum Gasteiger partial charge on any atom is -0.371 e. The third-order valence-electron chi connectivity index (χ3n) is 3.80. The molecular weight excluding hydrogens is 254 g/mol. The van der Waals surface area contributed by atoms with Crippen LogP contribution in [-0.2, 0) is 0 Å². The number of thioether (sulfide) groups is 1. The molecule has 0 bridgehead atoms. The fourth-order valence-corrected chi connectivity index (χ4v) is 3.23. The fourth-order valence-electron chi connectivity index (χ4n) is 2.64. The molecule has 1 saturated heterocycles. The SMILES string of the molecule is CSCCC(C)NC1CCN(c2ccncc2)CC1. The number of pyridine rings is 1. The molecule has 1 fully saturated rings. The molecule has 1 unspecified atom stereocenters. The zero-order chi connectivity index (χ0) is 13.5. The van der Waals surface area contributed by atoms with Crippen LogP contribution in [0.2, 0.25) is 0 Å². The van der Waals surface area contributed by atoms with Crippen LogP contribution in [0.25, 0.3) is 0 Å². The normalized spacial score (nSPS) is 18.5. The van der Waals surface area contributed by atoms with Gasteiger partial charge < -0.3 is 10.2 Å². The number of piperidine rings is 1. The zero-order valence-corrected chi connectivity index (χ0v) is 12.8. The van der Waals surface area contributed by atoms with Gasteiger partial charge in [0.15, 0.2) is 0 Å². The van der Waals surface area contributed by atoms with Gasteiger partial charge in [0.1, 0.15) is 0 Å². The van der Waals surface area contributed by atoms with Crippen molar-refractivity contribution >= 4 is 17.4 Å².